The number of hydrogen-bond donors (Lipinski definition) is 2. The highest BCUT2D eigenvalue weighted by molar-refractivity contribution is 14.0. The van der Waals surface area contributed by atoms with Crippen molar-refractivity contribution >= 4 is 47.2 Å². The molecular weight excluding hydrogens is 485 g/mol. The quantitative estimate of drug-likeness (QED) is 0.335. The summed E-state index contributed by atoms with van der Waals surface area (Å²) in [6.45, 7) is 8.89. The molecule has 0 amide bonds. The van der Waals surface area contributed by atoms with Crippen LogP contribution in [0.4, 0.5) is 5.95 Å². The van der Waals surface area contributed by atoms with Gasteiger partial charge in [0.2, 0.25) is 5.95 Å². The van der Waals surface area contributed by atoms with Crippen molar-refractivity contribution in [3.05, 3.63) is 40.3 Å². The predicted octanol–water partition coefficient (Wildman–Crippen LogP) is 2.21. The van der Waals surface area contributed by atoms with E-state index in [0.29, 0.717) is 0 Å². The minimum Gasteiger partial charge on any atom is -0.355 e. The highest BCUT2D eigenvalue weighted by atomic mass is 127. The van der Waals surface area contributed by atoms with E-state index in [1.807, 2.05) is 24.5 Å². The molecule has 0 saturated carbocycles. The molecule has 1 aliphatic rings. The average Bonchev–Trinajstić information content (AvgIpc) is 3.20. The Bertz CT molecular complexity index is 714. The summed E-state index contributed by atoms with van der Waals surface area (Å²) in [7, 11) is 1.82. The monoisotopic (exact) mass is 515 g/mol. The maximum Gasteiger partial charge on any atom is 0.225 e. The van der Waals surface area contributed by atoms with Crippen LogP contribution in [-0.2, 0) is 13.0 Å². The number of nitrogens with one attached hydrogen (secondary N) is 2. The summed E-state index contributed by atoms with van der Waals surface area (Å²) in [6.07, 6.45) is 4.70. The number of piperazine rings is 1. The predicted molar refractivity (Wildman–Crippen MR) is 128 cm³/mol. The third kappa shape index (κ3) is 6.85. The Morgan fingerprint density at radius 1 is 1.11 bits per heavy atom. The number of thiophene rings is 1. The second-order valence-electron chi connectivity index (χ2n) is 6.45. The van der Waals surface area contributed by atoms with Crippen molar-refractivity contribution in [3.8, 4) is 0 Å². The van der Waals surface area contributed by atoms with Gasteiger partial charge in [0, 0.05) is 68.5 Å². The molecule has 1 aliphatic heterocycles. The summed E-state index contributed by atoms with van der Waals surface area (Å²) in [5.74, 6) is 1.69. The van der Waals surface area contributed by atoms with Crippen LogP contribution in [0.5, 0.6) is 0 Å². The second-order valence-corrected chi connectivity index (χ2v) is 7.70. The fourth-order valence-corrected chi connectivity index (χ4v) is 3.95. The molecule has 0 spiro atoms. The summed E-state index contributed by atoms with van der Waals surface area (Å²) < 4.78 is 0. The van der Waals surface area contributed by atoms with Gasteiger partial charge in [-0.1, -0.05) is 6.92 Å². The van der Waals surface area contributed by atoms with Crippen molar-refractivity contribution in [3.63, 3.8) is 0 Å². The number of halogens is 1. The summed E-state index contributed by atoms with van der Waals surface area (Å²) in [4.78, 5) is 20.5. The normalized spacial score (nSPS) is 15.2. The smallest absolute Gasteiger partial charge is 0.225 e. The van der Waals surface area contributed by atoms with E-state index in [1.165, 1.54) is 9.75 Å². The van der Waals surface area contributed by atoms with E-state index in [9.17, 15) is 0 Å². The van der Waals surface area contributed by atoms with Crippen LogP contribution in [-0.4, -0.2) is 67.1 Å². The average molecular weight is 515 g/mol. The number of aliphatic imine (C=N–C) groups is 1. The topological polar surface area (TPSA) is 68.7 Å². The fraction of sp³-hybridized carbons (Fsp3) is 0.526. The fourth-order valence-electron chi connectivity index (χ4n) is 3.06. The van der Waals surface area contributed by atoms with Crippen molar-refractivity contribution in [1.82, 2.24) is 25.5 Å². The van der Waals surface area contributed by atoms with Gasteiger partial charge >= 0.3 is 0 Å². The van der Waals surface area contributed by atoms with Gasteiger partial charge in [-0.25, -0.2) is 9.97 Å². The van der Waals surface area contributed by atoms with E-state index < -0.39 is 0 Å². The second kappa shape index (κ2) is 12.2. The molecule has 0 aromatic carbocycles. The number of hydrogen-bond acceptors (Lipinski definition) is 6. The van der Waals surface area contributed by atoms with Crippen LogP contribution >= 0.6 is 35.3 Å². The first-order valence-corrected chi connectivity index (χ1v) is 10.4. The number of nitrogens with zero attached hydrogens (tertiary/aromatic N) is 5. The molecule has 0 bridgehead atoms. The minimum atomic E-state index is 0. The third-order valence-corrected chi connectivity index (χ3v) is 5.88. The molecule has 0 atom stereocenters. The van der Waals surface area contributed by atoms with Crippen LogP contribution < -0.4 is 15.5 Å². The van der Waals surface area contributed by atoms with Crippen LogP contribution in [0, 0.1) is 0 Å². The summed E-state index contributed by atoms with van der Waals surface area (Å²) in [5.41, 5.74) is 0. The first-order valence-electron chi connectivity index (χ1n) is 9.55. The lowest BCUT2D eigenvalue weighted by atomic mass is 10.3. The molecule has 1 saturated heterocycles. The molecule has 1 fully saturated rings. The number of rotatable bonds is 7. The Labute approximate surface area is 188 Å². The molecule has 7 nitrogen and oxygen atoms in total. The summed E-state index contributed by atoms with van der Waals surface area (Å²) >= 11 is 1.86. The Hall–Kier alpha value is -1.46. The number of aryl methyl sites for hydroxylation is 1. The third-order valence-electron chi connectivity index (χ3n) is 4.65. The van der Waals surface area contributed by atoms with Gasteiger partial charge in [-0.15, -0.1) is 35.3 Å². The van der Waals surface area contributed by atoms with Crippen LogP contribution in [0.3, 0.4) is 0 Å². The van der Waals surface area contributed by atoms with E-state index in [2.05, 4.69) is 54.5 Å². The highest BCUT2D eigenvalue weighted by Gasteiger charge is 2.18. The standard InChI is InChI=1S/C19H29N7S.HI/c1-3-16-5-6-17(27-16)15-24-18(20-2)21-9-10-25-11-13-26(14-12-25)19-22-7-4-8-23-19;/h4-8H,3,9-15H2,1-2H3,(H2,20,21,24);1H. The molecule has 28 heavy (non-hydrogen) atoms. The van der Waals surface area contributed by atoms with E-state index in [0.717, 1.165) is 64.1 Å². The van der Waals surface area contributed by atoms with Gasteiger partial charge in [-0.05, 0) is 24.6 Å². The van der Waals surface area contributed by atoms with Crippen LogP contribution in [0.2, 0.25) is 0 Å². The molecule has 0 radical (unpaired) electrons. The molecule has 3 rings (SSSR count). The molecule has 2 aromatic heterocycles. The van der Waals surface area contributed by atoms with Gasteiger partial charge < -0.3 is 15.5 Å². The van der Waals surface area contributed by atoms with E-state index in [4.69, 9.17) is 0 Å². The molecule has 0 aliphatic carbocycles. The highest BCUT2D eigenvalue weighted by Crippen LogP contribution is 2.16. The maximum absolute atomic E-state index is 4.34. The zero-order valence-corrected chi connectivity index (χ0v) is 19.7. The maximum atomic E-state index is 4.34. The minimum absolute atomic E-state index is 0. The number of anilines is 1. The molecule has 0 unspecified atom stereocenters. The Balaban J connectivity index is 0.00000280. The first-order chi connectivity index (χ1) is 13.3. The lowest BCUT2D eigenvalue weighted by molar-refractivity contribution is 0.260. The lowest BCUT2D eigenvalue weighted by Crippen LogP contribution is -2.49. The molecular formula is C19H30IN7S. The Morgan fingerprint density at radius 3 is 2.46 bits per heavy atom. The van der Waals surface area contributed by atoms with Crippen molar-refractivity contribution in [2.24, 2.45) is 4.99 Å². The van der Waals surface area contributed by atoms with Gasteiger partial charge in [0.15, 0.2) is 5.96 Å². The Morgan fingerprint density at radius 2 is 1.82 bits per heavy atom. The van der Waals surface area contributed by atoms with Crippen molar-refractivity contribution in [1.29, 1.82) is 0 Å². The van der Waals surface area contributed by atoms with Gasteiger partial charge in [0.1, 0.15) is 0 Å². The lowest BCUT2D eigenvalue weighted by Gasteiger charge is -2.34. The zero-order chi connectivity index (χ0) is 18.9. The van der Waals surface area contributed by atoms with Crippen molar-refractivity contribution in [2.45, 2.75) is 19.9 Å². The SMILES string of the molecule is CCc1ccc(CNC(=NC)NCCN2CCN(c3ncccn3)CC2)s1.I. The number of aromatic nitrogens is 2. The molecule has 2 aromatic rings. The largest absolute Gasteiger partial charge is 0.355 e. The molecule has 3 heterocycles. The first kappa shape index (κ1) is 22.8. The Kier molecular flexibility index (Phi) is 9.93. The van der Waals surface area contributed by atoms with Gasteiger partial charge in [-0.2, -0.15) is 0 Å². The van der Waals surface area contributed by atoms with Crippen LogP contribution in [0.15, 0.2) is 35.6 Å². The molecule has 154 valence electrons. The zero-order valence-electron chi connectivity index (χ0n) is 16.6. The molecule has 2 N–H and O–H groups in total. The van der Waals surface area contributed by atoms with E-state index in [-0.39, 0.29) is 24.0 Å². The van der Waals surface area contributed by atoms with Gasteiger partial charge in [-0.3, -0.25) is 9.89 Å². The summed E-state index contributed by atoms with van der Waals surface area (Å²) in [6, 6.07) is 6.26. The van der Waals surface area contributed by atoms with Crippen LogP contribution in [0.25, 0.3) is 0 Å². The van der Waals surface area contributed by atoms with Crippen molar-refractivity contribution < 1.29 is 0 Å². The van der Waals surface area contributed by atoms with E-state index >= 15 is 0 Å². The van der Waals surface area contributed by atoms with E-state index in [1.54, 1.807) is 12.4 Å². The molecule has 9 heteroatoms. The van der Waals surface area contributed by atoms with Crippen LogP contribution in [0.1, 0.15) is 16.7 Å². The van der Waals surface area contributed by atoms with Crippen molar-refractivity contribution in [2.75, 3.05) is 51.2 Å². The van der Waals surface area contributed by atoms with Gasteiger partial charge in [0.05, 0.1) is 6.54 Å². The number of guanidine groups is 1. The summed E-state index contributed by atoms with van der Waals surface area (Å²) in [5, 5.41) is 6.81. The van der Waals surface area contributed by atoms with Gasteiger partial charge in [0.25, 0.3) is 0 Å².